The smallest absolute Gasteiger partial charge is 0.336 e. The first-order valence-electron chi connectivity index (χ1n) is 10.2. The number of hydrogen-bond acceptors (Lipinski definition) is 4. The second-order valence-electron chi connectivity index (χ2n) is 7.79. The van der Waals surface area contributed by atoms with Crippen molar-refractivity contribution in [3.05, 3.63) is 76.6 Å². The molecule has 1 N–H and O–H groups in total. The van der Waals surface area contributed by atoms with Crippen LogP contribution in [-0.2, 0) is 6.54 Å². The number of hydrogen-bond donors (Lipinski definition) is 1. The van der Waals surface area contributed by atoms with Gasteiger partial charge < -0.3 is 9.52 Å². The second kappa shape index (κ2) is 7.37. The zero-order chi connectivity index (χ0) is 19.8. The number of rotatable bonds is 3. The fourth-order valence-corrected chi connectivity index (χ4v) is 4.40. The molecule has 2 heterocycles. The minimum absolute atomic E-state index is 0.280. The molecule has 0 spiro atoms. The van der Waals surface area contributed by atoms with Crippen LogP contribution in [0.2, 0.25) is 0 Å². The third kappa shape index (κ3) is 3.30. The monoisotopic (exact) mass is 385 g/mol. The molecular formula is C25H23NO3. The highest BCUT2D eigenvalue weighted by atomic mass is 16.4. The van der Waals surface area contributed by atoms with Crippen LogP contribution in [0.15, 0.2) is 69.9 Å². The standard InChI is InChI=1S/C25H23NO3/c27-23-15-22(17-7-3-1-4-8-17)21-12-11-19-20(25(21)29-23)10-9-18(24(19)28)16-26-13-5-2-6-14-26/h1,3-4,7-12,15,28H,2,5-6,13-14,16H2. The molecule has 5 rings (SSSR count). The van der Waals surface area contributed by atoms with E-state index in [2.05, 4.69) is 4.90 Å². The molecule has 4 heteroatoms. The topological polar surface area (TPSA) is 53.7 Å². The van der Waals surface area contributed by atoms with Crippen molar-refractivity contribution < 1.29 is 9.52 Å². The number of fused-ring (bicyclic) bond motifs is 3. The van der Waals surface area contributed by atoms with Crippen molar-refractivity contribution in [2.75, 3.05) is 13.1 Å². The molecule has 146 valence electrons. The summed E-state index contributed by atoms with van der Waals surface area (Å²) in [5, 5.41) is 13.3. The maximum Gasteiger partial charge on any atom is 0.336 e. The van der Waals surface area contributed by atoms with E-state index in [1.54, 1.807) is 0 Å². The highest BCUT2D eigenvalue weighted by Crippen LogP contribution is 2.37. The van der Waals surface area contributed by atoms with Crippen LogP contribution < -0.4 is 5.63 Å². The Bertz CT molecular complexity index is 1240. The normalized spacial score (nSPS) is 15.2. The average Bonchev–Trinajstić information content (AvgIpc) is 2.76. The molecule has 3 aromatic carbocycles. The van der Waals surface area contributed by atoms with E-state index in [0.29, 0.717) is 5.58 Å². The van der Waals surface area contributed by atoms with Crippen molar-refractivity contribution in [2.45, 2.75) is 25.8 Å². The second-order valence-corrected chi connectivity index (χ2v) is 7.79. The first kappa shape index (κ1) is 18.0. The minimum atomic E-state index is -0.388. The molecular weight excluding hydrogens is 362 g/mol. The van der Waals surface area contributed by atoms with Crippen LogP contribution in [0.1, 0.15) is 24.8 Å². The van der Waals surface area contributed by atoms with Gasteiger partial charge in [-0.2, -0.15) is 0 Å². The Hall–Kier alpha value is -3.11. The Morgan fingerprint density at radius 2 is 1.59 bits per heavy atom. The van der Waals surface area contributed by atoms with E-state index in [-0.39, 0.29) is 11.4 Å². The predicted molar refractivity (Wildman–Crippen MR) is 116 cm³/mol. The van der Waals surface area contributed by atoms with Crippen LogP contribution in [0.4, 0.5) is 0 Å². The van der Waals surface area contributed by atoms with Crippen LogP contribution in [0.3, 0.4) is 0 Å². The summed E-state index contributed by atoms with van der Waals surface area (Å²) in [5.74, 6) is 0.280. The predicted octanol–water partition coefficient (Wildman–Crippen LogP) is 5.30. The summed E-state index contributed by atoms with van der Waals surface area (Å²) in [5.41, 5.74) is 2.86. The van der Waals surface area contributed by atoms with Crippen molar-refractivity contribution in [1.82, 2.24) is 4.90 Å². The van der Waals surface area contributed by atoms with E-state index in [9.17, 15) is 9.90 Å². The molecule has 1 aliphatic heterocycles. The van der Waals surface area contributed by atoms with Crippen molar-refractivity contribution in [3.63, 3.8) is 0 Å². The summed E-state index contributed by atoms with van der Waals surface area (Å²) < 4.78 is 5.60. The fraction of sp³-hybridized carbons (Fsp3) is 0.240. The molecule has 0 bridgehead atoms. The van der Waals surface area contributed by atoms with E-state index in [1.807, 2.05) is 54.6 Å². The molecule has 1 fully saturated rings. The zero-order valence-corrected chi connectivity index (χ0v) is 16.2. The molecule has 0 atom stereocenters. The lowest BCUT2D eigenvalue weighted by molar-refractivity contribution is 0.219. The van der Waals surface area contributed by atoms with Gasteiger partial charge in [0.2, 0.25) is 0 Å². The molecule has 0 aliphatic carbocycles. The third-order valence-electron chi connectivity index (χ3n) is 5.89. The van der Waals surface area contributed by atoms with Gasteiger partial charge in [-0.25, -0.2) is 4.79 Å². The molecule has 4 nitrogen and oxygen atoms in total. The maximum absolute atomic E-state index is 12.3. The van der Waals surface area contributed by atoms with E-state index >= 15 is 0 Å². The molecule has 1 saturated heterocycles. The van der Waals surface area contributed by atoms with Gasteiger partial charge in [-0.1, -0.05) is 48.9 Å². The van der Waals surface area contributed by atoms with E-state index in [4.69, 9.17) is 4.42 Å². The Labute approximate surface area is 169 Å². The summed E-state index contributed by atoms with van der Waals surface area (Å²) >= 11 is 0. The SMILES string of the molecule is O=c1cc(-c2ccccc2)c2ccc3c(O)c(CN4CCCCC4)ccc3c2o1. The van der Waals surface area contributed by atoms with Crippen LogP contribution in [0, 0.1) is 0 Å². The quantitative estimate of drug-likeness (QED) is 0.384. The van der Waals surface area contributed by atoms with E-state index in [1.165, 1.54) is 25.3 Å². The van der Waals surface area contributed by atoms with E-state index < -0.39 is 0 Å². The van der Waals surface area contributed by atoms with Gasteiger partial charge in [-0.05, 0) is 49.2 Å². The Morgan fingerprint density at radius 3 is 2.38 bits per heavy atom. The lowest BCUT2D eigenvalue weighted by atomic mass is 9.97. The summed E-state index contributed by atoms with van der Waals surface area (Å²) in [6.07, 6.45) is 3.72. The molecule has 0 unspecified atom stereocenters. The first-order chi connectivity index (χ1) is 14.2. The van der Waals surface area contributed by atoms with Gasteiger partial charge in [0.15, 0.2) is 0 Å². The van der Waals surface area contributed by atoms with Gasteiger partial charge in [0, 0.05) is 34.3 Å². The van der Waals surface area contributed by atoms with Crippen molar-refractivity contribution in [3.8, 4) is 16.9 Å². The molecule has 0 radical (unpaired) electrons. The summed E-state index contributed by atoms with van der Waals surface area (Å²) in [4.78, 5) is 14.7. The number of nitrogens with zero attached hydrogens (tertiary/aromatic N) is 1. The minimum Gasteiger partial charge on any atom is -0.507 e. The highest BCUT2D eigenvalue weighted by molar-refractivity contribution is 6.10. The Balaban J connectivity index is 1.66. The van der Waals surface area contributed by atoms with Gasteiger partial charge in [-0.15, -0.1) is 0 Å². The summed E-state index contributed by atoms with van der Waals surface area (Å²) in [7, 11) is 0. The number of likely N-dealkylation sites (tertiary alicyclic amines) is 1. The van der Waals surface area contributed by atoms with Crippen molar-refractivity contribution >= 4 is 21.7 Å². The third-order valence-corrected chi connectivity index (χ3v) is 5.89. The van der Waals surface area contributed by atoms with Gasteiger partial charge in [-0.3, -0.25) is 4.90 Å². The Morgan fingerprint density at radius 1 is 0.862 bits per heavy atom. The zero-order valence-electron chi connectivity index (χ0n) is 16.2. The molecule has 29 heavy (non-hydrogen) atoms. The largest absolute Gasteiger partial charge is 0.507 e. The highest BCUT2D eigenvalue weighted by Gasteiger charge is 2.17. The van der Waals surface area contributed by atoms with Crippen LogP contribution in [0.5, 0.6) is 5.75 Å². The number of piperidine rings is 1. The first-order valence-corrected chi connectivity index (χ1v) is 10.2. The lowest BCUT2D eigenvalue weighted by Crippen LogP contribution is -2.29. The van der Waals surface area contributed by atoms with Gasteiger partial charge in [0.1, 0.15) is 11.3 Å². The number of phenolic OH excluding ortho intramolecular Hbond substituents is 1. The molecule has 1 aliphatic rings. The van der Waals surface area contributed by atoms with Crippen LogP contribution in [-0.4, -0.2) is 23.1 Å². The van der Waals surface area contributed by atoms with E-state index in [0.717, 1.165) is 52.5 Å². The van der Waals surface area contributed by atoms with Gasteiger partial charge in [0.05, 0.1) is 0 Å². The van der Waals surface area contributed by atoms with Crippen LogP contribution in [0.25, 0.3) is 32.9 Å². The van der Waals surface area contributed by atoms with Gasteiger partial charge in [0.25, 0.3) is 0 Å². The average molecular weight is 385 g/mol. The molecule has 4 aromatic rings. The summed E-state index contributed by atoms with van der Waals surface area (Å²) in [6, 6.07) is 19.2. The number of phenols is 1. The van der Waals surface area contributed by atoms with Gasteiger partial charge >= 0.3 is 5.63 Å². The number of benzene rings is 3. The summed E-state index contributed by atoms with van der Waals surface area (Å²) in [6.45, 7) is 2.89. The molecule has 1 aromatic heterocycles. The maximum atomic E-state index is 12.3. The van der Waals surface area contributed by atoms with Crippen LogP contribution >= 0.6 is 0 Å². The number of aromatic hydroxyl groups is 1. The molecule has 0 amide bonds. The van der Waals surface area contributed by atoms with Crippen molar-refractivity contribution in [2.24, 2.45) is 0 Å². The molecule has 0 saturated carbocycles. The van der Waals surface area contributed by atoms with Crippen molar-refractivity contribution in [1.29, 1.82) is 0 Å². The lowest BCUT2D eigenvalue weighted by Gasteiger charge is -2.26. The Kier molecular flexibility index (Phi) is 4.57. The fourth-order valence-electron chi connectivity index (χ4n) is 4.40.